The predicted molar refractivity (Wildman–Crippen MR) is 380 cm³/mol. The molecule has 34 heteroatoms. The van der Waals surface area contributed by atoms with Crippen molar-refractivity contribution in [3.05, 3.63) is 84.4 Å². The number of anilines is 4. The molecule has 6 heterocycles. The quantitative estimate of drug-likeness (QED) is 0.0310. The number of carbonyl (C=O) groups excluding carboxylic acids is 6. The number of pyridine rings is 2. The molecule has 4 aromatic heterocycles. The molecule has 8 rings (SSSR count). The number of aldehydes is 1. The number of carbonyl (C=O) groups is 6. The van der Waals surface area contributed by atoms with Crippen molar-refractivity contribution in [2.24, 2.45) is 11.8 Å². The van der Waals surface area contributed by atoms with Crippen LogP contribution in [0.25, 0.3) is 42.3 Å². The molecule has 0 radical (unpaired) electrons. The first-order valence-corrected chi connectivity index (χ1v) is 36.8. The molecule has 27 nitrogen and oxygen atoms in total. The number of sulfonamides is 2. The highest BCUT2D eigenvalue weighted by Crippen LogP contribution is 2.40. The van der Waals surface area contributed by atoms with E-state index in [9.17, 15) is 54.0 Å². The normalized spacial score (nSPS) is 14.1. The van der Waals surface area contributed by atoms with Crippen LogP contribution in [0.2, 0.25) is 0 Å². The van der Waals surface area contributed by atoms with E-state index in [1.165, 1.54) is 47.2 Å². The Morgan fingerprint density at radius 1 is 0.574 bits per heavy atom. The number of benzene rings is 2. The van der Waals surface area contributed by atoms with Gasteiger partial charge in [-0.3, -0.25) is 36.0 Å². The molecule has 0 unspecified atom stereocenters. The molecule has 2 aliphatic heterocycles. The molecule has 552 valence electrons. The number of hydrogen-bond acceptors (Lipinski definition) is 22. The largest absolute Gasteiger partial charge is 0.449 e. The molecule has 2 aliphatic rings. The SMILES string of the molecule is Cc1cc(NC(=O)OC(C)C)cnc1-c1ncc(-c2ccc(NC(=O)OCC3CCN(C(=O)OC(C)(C)C)CC3)cc2S(=O)(=O)NC(C)(C)C)s1.Cc1cc(NC(=O)OC(C)C)cnc1-c1ncc(-c2ccc(NC(=O)OCC3CCNCC3)cc2S(=O)(=O)NC(C)(C)C)s1.O=CC(F)(F)F. The molecule has 2 fully saturated rings. The lowest BCUT2D eigenvalue weighted by Crippen LogP contribution is -2.42. The third-order valence-corrected chi connectivity index (χ3v) is 19.6. The van der Waals surface area contributed by atoms with Gasteiger partial charge >= 0.3 is 36.6 Å². The summed E-state index contributed by atoms with van der Waals surface area (Å²) in [4.78, 5) is 91.2. The topological polar surface area (TPSA) is 356 Å². The number of aromatic nitrogens is 4. The summed E-state index contributed by atoms with van der Waals surface area (Å²) in [7, 11) is -8.08. The second-order valence-electron chi connectivity index (χ2n) is 27.3. The molecule has 0 bridgehead atoms. The third-order valence-electron chi connectivity index (χ3n) is 14.0. The Hall–Kier alpha value is -8.41. The van der Waals surface area contributed by atoms with Crippen LogP contribution < -0.4 is 36.0 Å². The van der Waals surface area contributed by atoms with Crippen LogP contribution in [-0.2, 0) is 48.5 Å². The monoisotopic (exact) mass is 1490 g/mol. The Bertz CT molecular complexity index is 4120. The lowest BCUT2D eigenvalue weighted by molar-refractivity contribution is -0.156. The molecular formula is C67H89F3N12O15S4. The number of halogens is 3. The van der Waals surface area contributed by atoms with E-state index in [1.54, 1.807) is 123 Å². The van der Waals surface area contributed by atoms with E-state index >= 15 is 0 Å². The fourth-order valence-corrected chi connectivity index (χ4v) is 15.3. The Balaban J connectivity index is 0.000000296. The number of rotatable bonds is 18. The maximum Gasteiger partial charge on any atom is 0.446 e. The minimum atomic E-state index is -4.64. The molecule has 7 N–H and O–H groups in total. The maximum atomic E-state index is 13.7. The van der Waals surface area contributed by atoms with Gasteiger partial charge in [0.05, 0.1) is 68.7 Å². The van der Waals surface area contributed by atoms with E-state index in [0.717, 1.165) is 37.1 Å². The summed E-state index contributed by atoms with van der Waals surface area (Å²) >= 11 is 2.53. The number of piperidine rings is 2. The fourth-order valence-electron chi connectivity index (χ4n) is 9.79. The van der Waals surface area contributed by atoms with Gasteiger partial charge < -0.3 is 33.9 Å². The van der Waals surface area contributed by atoms with Gasteiger partial charge in [0.15, 0.2) is 0 Å². The van der Waals surface area contributed by atoms with E-state index < -0.39 is 73.6 Å². The average Bonchev–Trinajstić information content (AvgIpc) is 1.77. The molecule has 0 saturated carbocycles. The summed E-state index contributed by atoms with van der Waals surface area (Å²) < 4.78 is 118. The minimum Gasteiger partial charge on any atom is -0.449 e. The first-order chi connectivity index (χ1) is 46.9. The molecular weight excluding hydrogens is 1400 g/mol. The summed E-state index contributed by atoms with van der Waals surface area (Å²) in [5, 5.41) is 15.0. The smallest absolute Gasteiger partial charge is 0.446 e. The number of ether oxygens (including phenoxy) is 5. The third kappa shape index (κ3) is 26.8. The summed E-state index contributed by atoms with van der Waals surface area (Å²) in [6, 6.07) is 12.8. The van der Waals surface area contributed by atoms with E-state index in [0.29, 0.717) is 97.8 Å². The van der Waals surface area contributed by atoms with Crippen LogP contribution in [-0.4, -0.2) is 153 Å². The van der Waals surface area contributed by atoms with Gasteiger partial charge in [-0.2, -0.15) is 13.2 Å². The van der Waals surface area contributed by atoms with Crippen molar-refractivity contribution in [3.8, 4) is 42.3 Å². The van der Waals surface area contributed by atoms with E-state index in [2.05, 4.69) is 56.0 Å². The van der Waals surface area contributed by atoms with Crippen LogP contribution >= 0.6 is 22.7 Å². The van der Waals surface area contributed by atoms with Gasteiger partial charge in [0.1, 0.15) is 27.0 Å². The number of nitrogens with zero attached hydrogens (tertiary/aromatic N) is 5. The van der Waals surface area contributed by atoms with Crippen LogP contribution in [0, 0.1) is 25.7 Å². The Kier molecular flexibility index (Phi) is 28.2. The van der Waals surface area contributed by atoms with E-state index in [1.807, 2.05) is 34.6 Å². The maximum absolute atomic E-state index is 13.7. The van der Waals surface area contributed by atoms with Gasteiger partial charge in [-0.25, -0.2) is 60.2 Å². The van der Waals surface area contributed by atoms with Crippen molar-refractivity contribution in [2.45, 2.75) is 174 Å². The zero-order chi connectivity index (χ0) is 75.0. The zero-order valence-electron chi connectivity index (χ0n) is 59.0. The van der Waals surface area contributed by atoms with Crippen LogP contribution in [0.4, 0.5) is 59.9 Å². The van der Waals surface area contributed by atoms with Crippen molar-refractivity contribution in [1.82, 2.24) is 39.6 Å². The highest BCUT2D eigenvalue weighted by atomic mass is 32.2. The van der Waals surface area contributed by atoms with Crippen LogP contribution in [0.3, 0.4) is 0 Å². The second-order valence-corrected chi connectivity index (χ2v) is 32.7. The van der Waals surface area contributed by atoms with Gasteiger partial charge in [0.2, 0.25) is 26.3 Å². The summed E-state index contributed by atoms with van der Waals surface area (Å²) in [5.41, 5.74) is 2.85. The summed E-state index contributed by atoms with van der Waals surface area (Å²) in [6.45, 7) is 29.9. The Morgan fingerprint density at radius 2 is 0.950 bits per heavy atom. The number of amides is 5. The van der Waals surface area contributed by atoms with Gasteiger partial charge in [-0.1, -0.05) is 12.1 Å². The Morgan fingerprint density at radius 3 is 1.30 bits per heavy atom. The second kappa shape index (κ2) is 35.0. The standard InChI is InChI=1S/C35H48N6O8S2.C30H40N6O6S2.C2HF3O/c1-21(2)48-32(43)39-25-16-22(3)29(36-18-25)30-37-19-27(50-30)26-11-10-24(17-28(26)51(45,46)40-34(4,5)6)38-31(42)47-20-23-12-14-41(15-13-23)33(44)49-35(7,8)9;1-18(2)42-29(38)35-22-13-19(3)26(32-15-22)27-33-16-24(43-27)23-8-7-21(14-25(23)44(39,40)36-30(4,5)6)34-28(37)41-17-20-9-11-31-12-10-20;3-2(4,5)1-6/h10-11,16-19,21,23,40H,12-15,20H2,1-9H3,(H,38,42)(H,39,43);7-8,13-16,18,20,31,36H,9-12,17H2,1-6H3,(H,34,37)(H,35,38);1H. The molecule has 5 amide bonds. The highest BCUT2D eigenvalue weighted by molar-refractivity contribution is 7.90. The fraction of sp³-hybridized carbons (Fsp3) is 0.493. The molecule has 101 heavy (non-hydrogen) atoms. The number of aryl methyl sites for hydroxylation is 2. The van der Waals surface area contributed by atoms with E-state index in [-0.39, 0.29) is 46.3 Å². The van der Waals surface area contributed by atoms with Gasteiger partial charge in [0.25, 0.3) is 0 Å². The lowest BCUT2D eigenvalue weighted by Gasteiger charge is -2.33. The number of alkyl halides is 3. The summed E-state index contributed by atoms with van der Waals surface area (Å²) in [6.07, 6.45) is 0.257. The number of thiazole rings is 2. The molecule has 2 aromatic carbocycles. The number of hydrogen-bond donors (Lipinski definition) is 7. The van der Waals surface area contributed by atoms with Crippen LogP contribution in [0.1, 0.15) is 127 Å². The molecule has 0 spiro atoms. The molecule has 0 atom stereocenters. The predicted octanol–water partition coefficient (Wildman–Crippen LogP) is 13.9. The number of nitrogens with one attached hydrogen (secondary N) is 7. The first-order valence-electron chi connectivity index (χ1n) is 32.2. The molecule has 6 aromatic rings. The summed E-state index contributed by atoms with van der Waals surface area (Å²) in [5.74, 6) is 0.361. The highest BCUT2D eigenvalue weighted by Gasteiger charge is 2.32. The van der Waals surface area contributed by atoms with Crippen molar-refractivity contribution < 1.29 is 82.5 Å². The number of likely N-dealkylation sites (tertiary alicyclic amines) is 1. The van der Waals surface area contributed by atoms with Crippen molar-refractivity contribution >= 4 is 102 Å². The van der Waals surface area contributed by atoms with Crippen LogP contribution in [0.5, 0.6) is 0 Å². The molecule has 2 saturated heterocycles. The zero-order valence-corrected chi connectivity index (χ0v) is 62.3. The minimum absolute atomic E-state index is 0.00771. The van der Waals surface area contributed by atoms with Crippen molar-refractivity contribution in [2.75, 3.05) is 60.7 Å². The van der Waals surface area contributed by atoms with Crippen molar-refractivity contribution in [1.29, 1.82) is 0 Å². The first kappa shape index (κ1) is 81.6. The van der Waals surface area contributed by atoms with E-state index in [4.69, 9.17) is 28.5 Å². The molecule has 0 aliphatic carbocycles. The Labute approximate surface area is 594 Å². The van der Waals surface area contributed by atoms with Gasteiger partial charge in [0, 0.05) is 59.1 Å². The van der Waals surface area contributed by atoms with Crippen molar-refractivity contribution in [3.63, 3.8) is 0 Å². The van der Waals surface area contributed by atoms with Gasteiger partial charge in [-0.15, -0.1) is 22.7 Å². The van der Waals surface area contributed by atoms with Gasteiger partial charge in [-0.05, 0) is 202 Å². The lowest BCUT2D eigenvalue weighted by atomic mass is 9.98. The van der Waals surface area contributed by atoms with Crippen LogP contribution in [0.15, 0.2) is 83.1 Å². The average molecular weight is 1490 g/mol.